The van der Waals surface area contributed by atoms with Gasteiger partial charge in [-0.15, -0.1) is 0 Å². The van der Waals surface area contributed by atoms with E-state index in [4.69, 9.17) is 9.47 Å². The molecule has 0 saturated heterocycles. The highest BCUT2D eigenvalue weighted by atomic mass is 79.9. The molecule has 2 aliphatic rings. The van der Waals surface area contributed by atoms with Crippen molar-refractivity contribution in [2.24, 2.45) is 5.92 Å². The lowest BCUT2D eigenvalue weighted by atomic mass is 9.78. The van der Waals surface area contributed by atoms with E-state index in [0.717, 1.165) is 37.7 Å². The van der Waals surface area contributed by atoms with Gasteiger partial charge in [-0.3, -0.25) is 0 Å². The van der Waals surface area contributed by atoms with Crippen LogP contribution >= 0.6 is 15.9 Å². The fourth-order valence-electron chi connectivity index (χ4n) is 3.24. The number of aryl methyl sites for hydroxylation is 1. The summed E-state index contributed by atoms with van der Waals surface area (Å²) in [5.74, 6) is 1.89. The maximum absolute atomic E-state index is 5.68. The van der Waals surface area contributed by atoms with Crippen molar-refractivity contribution in [3.05, 3.63) is 29.3 Å². The molecule has 0 bridgehead atoms. The minimum Gasteiger partial charge on any atom is -0.493 e. The Hall–Kier alpha value is -0.540. The quantitative estimate of drug-likeness (QED) is 0.727. The zero-order valence-corrected chi connectivity index (χ0v) is 13.7. The van der Waals surface area contributed by atoms with E-state index < -0.39 is 0 Å². The second-order valence-corrected chi connectivity index (χ2v) is 7.04. The van der Waals surface area contributed by atoms with Gasteiger partial charge < -0.3 is 9.47 Å². The van der Waals surface area contributed by atoms with E-state index in [1.807, 2.05) is 0 Å². The summed E-state index contributed by atoms with van der Waals surface area (Å²) in [7, 11) is 0. The van der Waals surface area contributed by atoms with Crippen LogP contribution in [0.15, 0.2) is 18.2 Å². The third kappa shape index (κ3) is 3.20. The molecule has 0 aromatic heterocycles. The van der Waals surface area contributed by atoms with Gasteiger partial charge in [-0.05, 0) is 62.1 Å². The first-order chi connectivity index (χ1) is 9.76. The van der Waals surface area contributed by atoms with Gasteiger partial charge in [0.1, 0.15) is 5.75 Å². The van der Waals surface area contributed by atoms with E-state index in [0.29, 0.717) is 10.9 Å². The average Bonchev–Trinajstić information content (AvgIpc) is 2.44. The lowest BCUT2D eigenvalue weighted by Gasteiger charge is -2.36. The summed E-state index contributed by atoms with van der Waals surface area (Å²) in [6.07, 6.45) is 6.47. The van der Waals surface area contributed by atoms with Crippen molar-refractivity contribution in [2.45, 2.75) is 50.0 Å². The molecule has 0 N–H and O–H groups in total. The Kier molecular flexibility index (Phi) is 4.67. The normalized spacial score (nSPS) is 26.3. The summed E-state index contributed by atoms with van der Waals surface area (Å²) in [6.45, 7) is 3.79. The lowest BCUT2D eigenvalue weighted by Crippen LogP contribution is -2.31. The molecule has 1 aliphatic heterocycles. The first kappa shape index (κ1) is 14.4. The van der Waals surface area contributed by atoms with Crippen LogP contribution in [0.2, 0.25) is 0 Å². The minimum absolute atomic E-state index is 0.460. The Morgan fingerprint density at radius 1 is 1.40 bits per heavy atom. The summed E-state index contributed by atoms with van der Waals surface area (Å²) in [5.41, 5.74) is 2.77. The molecule has 1 aliphatic carbocycles. The predicted octanol–water partition coefficient (Wildman–Crippen LogP) is 4.65. The number of rotatable bonds is 5. The van der Waals surface area contributed by atoms with Gasteiger partial charge in [0, 0.05) is 11.4 Å². The van der Waals surface area contributed by atoms with Gasteiger partial charge in [-0.25, -0.2) is 0 Å². The molecule has 110 valence electrons. The molecule has 1 aromatic carbocycles. The number of ether oxygens (including phenoxy) is 2. The molecule has 1 atom stereocenters. The molecule has 0 spiro atoms. The molecule has 20 heavy (non-hydrogen) atoms. The van der Waals surface area contributed by atoms with Crippen molar-refractivity contribution >= 4 is 15.9 Å². The van der Waals surface area contributed by atoms with Crippen LogP contribution in [0.1, 0.15) is 48.6 Å². The predicted molar refractivity (Wildman–Crippen MR) is 84.7 cm³/mol. The van der Waals surface area contributed by atoms with Gasteiger partial charge in [0.05, 0.1) is 12.7 Å². The van der Waals surface area contributed by atoms with Crippen LogP contribution in [0.5, 0.6) is 5.75 Å². The van der Waals surface area contributed by atoms with Crippen molar-refractivity contribution < 1.29 is 9.47 Å². The Balaban J connectivity index is 1.56. The molecule has 1 aromatic rings. The van der Waals surface area contributed by atoms with E-state index in [9.17, 15) is 0 Å². The van der Waals surface area contributed by atoms with Crippen molar-refractivity contribution in [3.8, 4) is 5.75 Å². The number of alkyl halides is 1. The Morgan fingerprint density at radius 2 is 2.25 bits per heavy atom. The first-order valence-corrected chi connectivity index (χ1v) is 8.69. The Bertz CT molecular complexity index is 454. The topological polar surface area (TPSA) is 18.5 Å². The molecule has 3 rings (SSSR count). The summed E-state index contributed by atoms with van der Waals surface area (Å²) < 4.78 is 11.3. The van der Waals surface area contributed by atoms with E-state index in [-0.39, 0.29) is 0 Å². The zero-order valence-electron chi connectivity index (χ0n) is 12.1. The van der Waals surface area contributed by atoms with Crippen LogP contribution < -0.4 is 4.74 Å². The second-order valence-electron chi connectivity index (χ2n) is 5.94. The lowest BCUT2D eigenvalue weighted by molar-refractivity contribution is -0.0264. The van der Waals surface area contributed by atoms with E-state index in [2.05, 4.69) is 41.1 Å². The zero-order chi connectivity index (χ0) is 13.9. The smallest absolute Gasteiger partial charge is 0.122 e. The maximum atomic E-state index is 5.68. The van der Waals surface area contributed by atoms with Gasteiger partial charge in [0.15, 0.2) is 0 Å². The summed E-state index contributed by atoms with van der Waals surface area (Å²) >= 11 is 3.87. The third-order valence-electron chi connectivity index (χ3n) is 4.43. The van der Waals surface area contributed by atoms with Crippen molar-refractivity contribution in [1.29, 1.82) is 0 Å². The van der Waals surface area contributed by atoms with Gasteiger partial charge in [-0.1, -0.05) is 28.1 Å². The Morgan fingerprint density at radius 3 is 3.05 bits per heavy atom. The molecule has 0 amide bonds. The number of benzene rings is 1. The second kappa shape index (κ2) is 6.48. The molecule has 3 heteroatoms. The monoisotopic (exact) mass is 338 g/mol. The molecule has 1 unspecified atom stereocenters. The number of fused-ring (bicyclic) bond motifs is 1. The third-order valence-corrected chi connectivity index (χ3v) is 5.33. The van der Waals surface area contributed by atoms with Gasteiger partial charge >= 0.3 is 0 Å². The molecule has 1 fully saturated rings. The highest BCUT2D eigenvalue weighted by Gasteiger charge is 2.31. The van der Waals surface area contributed by atoms with Crippen LogP contribution in [0, 0.1) is 5.92 Å². The molecular formula is C17H23BrO2. The number of hydrogen-bond acceptors (Lipinski definition) is 2. The van der Waals surface area contributed by atoms with Crippen LogP contribution in [-0.4, -0.2) is 19.3 Å². The first-order valence-electron chi connectivity index (χ1n) is 7.77. The van der Waals surface area contributed by atoms with Crippen LogP contribution in [-0.2, 0) is 11.2 Å². The summed E-state index contributed by atoms with van der Waals surface area (Å²) in [6, 6.07) is 6.68. The standard InChI is InChI=1S/C17H23BrO2/c1-2-19-15-8-12(9-15)10-16(18)13-5-6-17-14(11-13)4-3-7-20-17/h5-6,11-12,15-16H,2-4,7-10H2,1H3. The van der Waals surface area contributed by atoms with Gasteiger partial charge in [0.2, 0.25) is 0 Å². The van der Waals surface area contributed by atoms with Crippen LogP contribution in [0.4, 0.5) is 0 Å². The van der Waals surface area contributed by atoms with Crippen molar-refractivity contribution in [3.63, 3.8) is 0 Å². The summed E-state index contributed by atoms with van der Waals surface area (Å²) in [4.78, 5) is 0.460. The van der Waals surface area contributed by atoms with Crippen molar-refractivity contribution in [2.75, 3.05) is 13.2 Å². The Labute approximate surface area is 130 Å². The average molecular weight is 339 g/mol. The van der Waals surface area contributed by atoms with Gasteiger partial charge in [0.25, 0.3) is 0 Å². The van der Waals surface area contributed by atoms with Crippen molar-refractivity contribution in [1.82, 2.24) is 0 Å². The molecule has 0 radical (unpaired) electrons. The van der Waals surface area contributed by atoms with E-state index in [1.165, 1.54) is 30.4 Å². The SMILES string of the molecule is CCOC1CC(CC(Br)c2ccc3c(c2)CCCO3)C1. The number of halogens is 1. The highest BCUT2D eigenvalue weighted by molar-refractivity contribution is 9.09. The molecule has 2 nitrogen and oxygen atoms in total. The van der Waals surface area contributed by atoms with E-state index in [1.54, 1.807) is 0 Å². The summed E-state index contributed by atoms with van der Waals surface area (Å²) in [5, 5.41) is 0. The fraction of sp³-hybridized carbons (Fsp3) is 0.647. The number of hydrogen-bond donors (Lipinski definition) is 0. The van der Waals surface area contributed by atoms with Gasteiger partial charge in [-0.2, -0.15) is 0 Å². The molecular weight excluding hydrogens is 316 g/mol. The molecule has 1 heterocycles. The van der Waals surface area contributed by atoms with E-state index >= 15 is 0 Å². The fourth-order valence-corrected chi connectivity index (χ4v) is 4.06. The maximum Gasteiger partial charge on any atom is 0.122 e. The van der Waals surface area contributed by atoms with Crippen LogP contribution in [0.3, 0.4) is 0 Å². The molecule has 1 saturated carbocycles. The van der Waals surface area contributed by atoms with Crippen LogP contribution in [0.25, 0.3) is 0 Å². The highest BCUT2D eigenvalue weighted by Crippen LogP contribution is 2.41. The minimum atomic E-state index is 0.460. The largest absolute Gasteiger partial charge is 0.493 e.